The Morgan fingerprint density at radius 3 is 2.74 bits per heavy atom. The van der Waals surface area contributed by atoms with Crippen molar-refractivity contribution in [3.8, 4) is 11.3 Å². The molecule has 0 fully saturated rings. The van der Waals surface area contributed by atoms with Crippen molar-refractivity contribution in [3.05, 3.63) is 97.0 Å². The maximum Gasteiger partial charge on any atom is 0.244 e. The Morgan fingerprint density at radius 1 is 1.06 bits per heavy atom. The summed E-state index contributed by atoms with van der Waals surface area (Å²) in [5, 5.41) is 7.66. The molecule has 0 radical (unpaired) electrons. The maximum atomic E-state index is 12.3. The molecule has 0 aliphatic heterocycles. The maximum absolute atomic E-state index is 12.3. The molecular weight excluding hydrogens is 388 g/mol. The lowest BCUT2D eigenvalue weighted by Gasteiger charge is -2.03. The minimum absolute atomic E-state index is 0.126. The van der Waals surface area contributed by atoms with Gasteiger partial charge in [-0.1, -0.05) is 30.3 Å². The molecule has 0 unspecified atom stereocenters. The fourth-order valence-electron chi connectivity index (χ4n) is 3.25. The van der Waals surface area contributed by atoms with Gasteiger partial charge in [-0.25, -0.2) is 4.98 Å². The lowest BCUT2D eigenvalue weighted by molar-refractivity contribution is -0.116. The number of aromatic nitrogens is 5. The number of hydrogen-bond acceptors (Lipinski definition) is 4. The second-order valence-corrected chi connectivity index (χ2v) is 7.14. The van der Waals surface area contributed by atoms with E-state index >= 15 is 0 Å². The van der Waals surface area contributed by atoms with Crippen LogP contribution in [0.4, 0.5) is 0 Å². The van der Waals surface area contributed by atoms with E-state index in [1.807, 2.05) is 58.1 Å². The Morgan fingerprint density at radius 2 is 1.97 bits per heavy atom. The number of carbonyl (C=O) groups is 1. The van der Waals surface area contributed by atoms with Gasteiger partial charge in [0.2, 0.25) is 5.91 Å². The van der Waals surface area contributed by atoms with Crippen LogP contribution in [0.5, 0.6) is 0 Å². The van der Waals surface area contributed by atoms with Crippen molar-refractivity contribution in [3.63, 3.8) is 0 Å². The zero-order valence-corrected chi connectivity index (χ0v) is 17.1. The van der Waals surface area contributed by atoms with E-state index < -0.39 is 0 Å². The van der Waals surface area contributed by atoms with Crippen molar-refractivity contribution in [1.29, 1.82) is 0 Å². The molecule has 3 heterocycles. The van der Waals surface area contributed by atoms with Crippen LogP contribution in [0.15, 0.2) is 85.9 Å². The number of amides is 1. The summed E-state index contributed by atoms with van der Waals surface area (Å²) in [4.78, 5) is 20.5. The van der Waals surface area contributed by atoms with E-state index in [0.29, 0.717) is 13.1 Å². The van der Waals surface area contributed by atoms with Gasteiger partial charge in [0.1, 0.15) is 5.69 Å². The van der Waals surface area contributed by atoms with Crippen LogP contribution in [0.3, 0.4) is 0 Å². The van der Waals surface area contributed by atoms with E-state index in [1.54, 1.807) is 31.0 Å². The predicted octanol–water partition coefficient (Wildman–Crippen LogP) is 3.41. The summed E-state index contributed by atoms with van der Waals surface area (Å²) >= 11 is 0. The first-order valence-electron chi connectivity index (χ1n) is 10.2. The second-order valence-electron chi connectivity index (χ2n) is 7.14. The Labute approximate surface area is 181 Å². The van der Waals surface area contributed by atoms with Gasteiger partial charge in [0.05, 0.1) is 12.9 Å². The molecule has 156 valence electrons. The van der Waals surface area contributed by atoms with Gasteiger partial charge in [0, 0.05) is 61.3 Å². The van der Waals surface area contributed by atoms with Crippen molar-refractivity contribution >= 4 is 12.0 Å². The quantitative estimate of drug-likeness (QED) is 0.338. The van der Waals surface area contributed by atoms with Crippen LogP contribution in [0, 0.1) is 0 Å². The van der Waals surface area contributed by atoms with Crippen LogP contribution >= 0.6 is 0 Å². The van der Waals surface area contributed by atoms with Gasteiger partial charge in [-0.3, -0.25) is 14.5 Å². The third kappa shape index (κ3) is 5.76. The molecule has 1 N–H and O–H groups in total. The highest BCUT2D eigenvalue weighted by Gasteiger charge is 2.10. The SMILES string of the molecule is O=C(C=Cc1cn(Cc2ccccc2)nc1-c1cccnc1)NCCCn1ccnc1. The van der Waals surface area contributed by atoms with Crippen LogP contribution in [-0.2, 0) is 17.9 Å². The molecule has 0 spiro atoms. The Balaban J connectivity index is 1.43. The lowest BCUT2D eigenvalue weighted by Crippen LogP contribution is -2.22. The van der Waals surface area contributed by atoms with E-state index in [-0.39, 0.29) is 5.91 Å². The van der Waals surface area contributed by atoms with Gasteiger partial charge in [0.15, 0.2) is 0 Å². The van der Waals surface area contributed by atoms with Gasteiger partial charge >= 0.3 is 0 Å². The molecule has 0 aliphatic carbocycles. The van der Waals surface area contributed by atoms with E-state index in [0.717, 1.165) is 35.3 Å². The van der Waals surface area contributed by atoms with Gasteiger partial charge in [-0.15, -0.1) is 0 Å². The fraction of sp³-hybridized carbons (Fsp3) is 0.167. The van der Waals surface area contributed by atoms with E-state index in [1.165, 1.54) is 0 Å². The lowest BCUT2D eigenvalue weighted by atomic mass is 10.1. The van der Waals surface area contributed by atoms with Crippen LogP contribution < -0.4 is 5.32 Å². The smallest absolute Gasteiger partial charge is 0.244 e. The standard InChI is InChI=1S/C24H24N6O/c31-23(27-12-5-14-29-15-13-26-19-29)10-9-22-18-30(17-20-6-2-1-3-7-20)28-24(22)21-8-4-11-25-16-21/h1-4,6-11,13,15-16,18-19H,5,12,14,17H2,(H,27,31). The first-order chi connectivity index (χ1) is 15.3. The zero-order chi connectivity index (χ0) is 21.3. The van der Waals surface area contributed by atoms with Gasteiger partial charge < -0.3 is 9.88 Å². The largest absolute Gasteiger partial charge is 0.352 e. The summed E-state index contributed by atoms with van der Waals surface area (Å²) in [6.07, 6.45) is 15.1. The number of hydrogen-bond donors (Lipinski definition) is 1. The minimum Gasteiger partial charge on any atom is -0.352 e. The molecule has 1 amide bonds. The summed E-state index contributed by atoms with van der Waals surface area (Å²) in [6.45, 7) is 2.08. The number of benzene rings is 1. The van der Waals surface area contributed by atoms with Crippen molar-refractivity contribution in [2.75, 3.05) is 6.54 Å². The summed E-state index contributed by atoms with van der Waals surface area (Å²) < 4.78 is 3.88. The predicted molar refractivity (Wildman–Crippen MR) is 120 cm³/mol. The molecule has 31 heavy (non-hydrogen) atoms. The third-order valence-corrected chi connectivity index (χ3v) is 4.78. The summed E-state index contributed by atoms with van der Waals surface area (Å²) in [6, 6.07) is 14.0. The van der Waals surface area contributed by atoms with E-state index in [9.17, 15) is 4.79 Å². The highest BCUT2D eigenvalue weighted by molar-refractivity contribution is 5.92. The molecule has 0 bridgehead atoms. The minimum atomic E-state index is -0.126. The zero-order valence-electron chi connectivity index (χ0n) is 17.1. The molecule has 4 rings (SSSR count). The number of nitrogens with one attached hydrogen (secondary N) is 1. The number of nitrogens with zero attached hydrogens (tertiary/aromatic N) is 5. The normalized spacial score (nSPS) is 11.1. The molecule has 0 saturated carbocycles. The molecule has 0 aliphatic rings. The Bertz CT molecular complexity index is 1120. The van der Waals surface area contributed by atoms with Crippen molar-refractivity contribution < 1.29 is 4.79 Å². The Kier molecular flexibility index (Phi) is 6.64. The van der Waals surface area contributed by atoms with Crippen molar-refractivity contribution in [1.82, 2.24) is 29.6 Å². The van der Waals surface area contributed by atoms with Gasteiger partial charge in [0.25, 0.3) is 0 Å². The third-order valence-electron chi connectivity index (χ3n) is 4.78. The van der Waals surface area contributed by atoms with Crippen molar-refractivity contribution in [2.24, 2.45) is 0 Å². The van der Waals surface area contributed by atoms with Crippen LogP contribution in [0.2, 0.25) is 0 Å². The van der Waals surface area contributed by atoms with Gasteiger partial charge in [-0.2, -0.15) is 5.10 Å². The average molecular weight is 412 g/mol. The summed E-state index contributed by atoms with van der Waals surface area (Å²) in [5.41, 5.74) is 3.74. The Hall–Kier alpha value is -4.00. The number of carbonyl (C=O) groups excluding carboxylic acids is 1. The number of rotatable bonds is 9. The summed E-state index contributed by atoms with van der Waals surface area (Å²) in [7, 11) is 0. The number of pyridine rings is 1. The van der Waals surface area contributed by atoms with Crippen LogP contribution in [-0.4, -0.2) is 36.8 Å². The van der Waals surface area contributed by atoms with Gasteiger partial charge in [-0.05, 0) is 30.2 Å². The molecule has 7 nitrogen and oxygen atoms in total. The second kappa shape index (κ2) is 10.2. The first kappa shape index (κ1) is 20.3. The molecule has 3 aromatic heterocycles. The topological polar surface area (TPSA) is 77.6 Å². The number of aryl methyl sites for hydroxylation is 1. The molecule has 0 saturated heterocycles. The monoisotopic (exact) mass is 412 g/mol. The van der Waals surface area contributed by atoms with E-state index in [2.05, 4.69) is 27.4 Å². The summed E-state index contributed by atoms with van der Waals surface area (Å²) in [5.74, 6) is -0.126. The fourth-order valence-corrected chi connectivity index (χ4v) is 3.25. The number of imidazole rings is 1. The van der Waals surface area contributed by atoms with Crippen molar-refractivity contribution in [2.45, 2.75) is 19.5 Å². The first-order valence-corrected chi connectivity index (χ1v) is 10.2. The highest BCUT2D eigenvalue weighted by atomic mass is 16.1. The average Bonchev–Trinajstić information content (AvgIpc) is 3.47. The van der Waals surface area contributed by atoms with E-state index in [4.69, 9.17) is 5.10 Å². The molecule has 0 atom stereocenters. The molecular formula is C24H24N6O. The van der Waals surface area contributed by atoms with Crippen LogP contribution in [0.1, 0.15) is 17.5 Å². The molecule has 4 aromatic rings. The molecule has 1 aromatic carbocycles. The molecule has 7 heteroatoms. The van der Waals surface area contributed by atoms with Crippen LogP contribution in [0.25, 0.3) is 17.3 Å². The highest BCUT2D eigenvalue weighted by Crippen LogP contribution is 2.23.